The molecular formula is C51H35NOS. The summed E-state index contributed by atoms with van der Waals surface area (Å²) in [6.45, 7) is 2.25. The van der Waals surface area contributed by atoms with E-state index in [1.54, 1.807) is 0 Å². The Morgan fingerprint density at radius 1 is 0.481 bits per heavy atom. The molecule has 0 aliphatic heterocycles. The van der Waals surface area contributed by atoms with E-state index in [9.17, 15) is 0 Å². The second kappa shape index (κ2) is 12.4. The second-order valence-corrected chi connectivity index (χ2v) is 15.5. The molecule has 0 fully saturated rings. The average molecular weight is 710 g/mol. The molecule has 8 aromatic carbocycles. The molecule has 256 valence electrons. The molecule has 0 radical (unpaired) electrons. The predicted molar refractivity (Wildman–Crippen MR) is 232 cm³/mol. The van der Waals surface area contributed by atoms with Crippen LogP contribution in [-0.2, 0) is 6.42 Å². The fourth-order valence-corrected chi connectivity index (χ4v) is 10.0. The van der Waals surface area contributed by atoms with Gasteiger partial charge in [-0.15, -0.1) is 11.3 Å². The lowest BCUT2D eigenvalue weighted by molar-refractivity contribution is 0.670. The minimum atomic E-state index is 0.902. The zero-order chi connectivity index (χ0) is 35.8. The van der Waals surface area contributed by atoms with Crippen molar-refractivity contribution in [2.75, 3.05) is 0 Å². The van der Waals surface area contributed by atoms with Crippen molar-refractivity contribution < 1.29 is 4.42 Å². The van der Waals surface area contributed by atoms with Gasteiger partial charge in [0.05, 0.1) is 5.69 Å². The van der Waals surface area contributed by atoms with Gasteiger partial charge >= 0.3 is 0 Å². The minimum Gasteiger partial charge on any atom is -0.455 e. The Morgan fingerprint density at radius 3 is 1.78 bits per heavy atom. The first-order valence-corrected chi connectivity index (χ1v) is 19.7. The molecule has 0 unspecified atom stereocenters. The number of nitrogens with zero attached hydrogens (tertiary/aromatic N) is 1. The Morgan fingerprint density at radius 2 is 1.07 bits per heavy atom. The number of fused-ring (bicyclic) bond motifs is 12. The molecule has 11 rings (SSSR count). The van der Waals surface area contributed by atoms with Crippen molar-refractivity contribution in [1.29, 1.82) is 0 Å². The normalized spacial score (nSPS) is 12.0. The highest BCUT2D eigenvalue weighted by molar-refractivity contribution is 7.26. The summed E-state index contributed by atoms with van der Waals surface area (Å²) in [5.41, 5.74) is 10.0. The van der Waals surface area contributed by atoms with Gasteiger partial charge in [-0.25, -0.2) is 0 Å². The fraction of sp³-hybridized carbons (Fsp3) is 0.0784. The van der Waals surface area contributed by atoms with Crippen LogP contribution >= 0.6 is 11.3 Å². The predicted octanol–water partition coefficient (Wildman–Crippen LogP) is 15.2. The lowest BCUT2D eigenvalue weighted by atomic mass is 9.93. The van der Waals surface area contributed by atoms with Crippen LogP contribution in [-0.4, -0.2) is 4.98 Å². The Bertz CT molecular complexity index is 3260. The number of thiophene rings is 1. The van der Waals surface area contributed by atoms with E-state index in [4.69, 9.17) is 9.40 Å². The van der Waals surface area contributed by atoms with Crippen LogP contribution < -0.4 is 0 Å². The number of hydrogen-bond acceptors (Lipinski definition) is 3. The van der Waals surface area contributed by atoms with Crippen molar-refractivity contribution in [3.8, 4) is 33.5 Å². The topological polar surface area (TPSA) is 26.0 Å². The smallest absolute Gasteiger partial charge is 0.143 e. The van der Waals surface area contributed by atoms with Crippen LogP contribution in [0.25, 0.3) is 108 Å². The monoisotopic (exact) mass is 709 g/mol. The van der Waals surface area contributed by atoms with E-state index in [1.807, 2.05) is 17.5 Å². The van der Waals surface area contributed by atoms with E-state index < -0.39 is 0 Å². The number of aryl methyl sites for hydroxylation is 1. The maximum atomic E-state index is 6.83. The minimum absolute atomic E-state index is 0.902. The molecule has 0 saturated heterocycles. The van der Waals surface area contributed by atoms with Gasteiger partial charge in [-0.3, -0.25) is 4.98 Å². The SMILES string of the molecule is CCCCc1ccc(-c2cccc3c2sc2c(-c4cc(-c5cccc6c5oc5cc7c8ccccc8c8ccccc8c7cc56)ccn4)cccc23)cc1. The molecule has 0 saturated carbocycles. The molecule has 0 spiro atoms. The summed E-state index contributed by atoms with van der Waals surface area (Å²) in [5.74, 6) is 0. The first kappa shape index (κ1) is 31.3. The molecular weight excluding hydrogens is 675 g/mol. The molecule has 0 N–H and O–H groups in total. The molecule has 0 aliphatic rings. The number of para-hydroxylation sites is 1. The number of pyridine rings is 1. The quantitative estimate of drug-likeness (QED) is 0.161. The molecule has 3 heteroatoms. The summed E-state index contributed by atoms with van der Waals surface area (Å²) in [6.07, 6.45) is 5.52. The number of unbranched alkanes of at least 4 members (excludes halogenated alkanes) is 1. The van der Waals surface area contributed by atoms with Gasteiger partial charge in [0.1, 0.15) is 11.2 Å². The molecule has 54 heavy (non-hydrogen) atoms. The van der Waals surface area contributed by atoms with Crippen LogP contribution in [0.2, 0.25) is 0 Å². The van der Waals surface area contributed by atoms with E-state index >= 15 is 0 Å². The third-order valence-electron chi connectivity index (χ3n) is 11.3. The Labute approximate surface area is 316 Å². The molecule has 2 nitrogen and oxygen atoms in total. The van der Waals surface area contributed by atoms with Crippen LogP contribution in [0.15, 0.2) is 162 Å². The van der Waals surface area contributed by atoms with Crippen LogP contribution in [0.5, 0.6) is 0 Å². The van der Waals surface area contributed by atoms with Gasteiger partial charge in [0.15, 0.2) is 0 Å². The maximum Gasteiger partial charge on any atom is 0.143 e. The van der Waals surface area contributed by atoms with Gasteiger partial charge in [-0.05, 0) is 91.7 Å². The summed E-state index contributed by atoms with van der Waals surface area (Å²) >= 11 is 1.87. The summed E-state index contributed by atoms with van der Waals surface area (Å²) in [4.78, 5) is 4.96. The van der Waals surface area contributed by atoms with Gasteiger partial charge in [0, 0.05) is 48.3 Å². The van der Waals surface area contributed by atoms with E-state index in [2.05, 4.69) is 159 Å². The summed E-state index contributed by atoms with van der Waals surface area (Å²) < 4.78 is 9.40. The fourth-order valence-electron chi connectivity index (χ4n) is 8.65. The van der Waals surface area contributed by atoms with E-state index in [1.165, 1.54) is 82.0 Å². The third kappa shape index (κ3) is 4.82. The first-order chi connectivity index (χ1) is 26.7. The van der Waals surface area contributed by atoms with Gasteiger partial charge < -0.3 is 4.42 Å². The summed E-state index contributed by atoms with van der Waals surface area (Å²) in [7, 11) is 0. The van der Waals surface area contributed by atoms with Gasteiger partial charge in [0.25, 0.3) is 0 Å². The second-order valence-electron chi connectivity index (χ2n) is 14.5. The van der Waals surface area contributed by atoms with Crippen molar-refractivity contribution in [3.63, 3.8) is 0 Å². The molecule has 0 amide bonds. The number of rotatable bonds is 6. The zero-order valence-electron chi connectivity index (χ0n) is 29.9. The van der Waals surface area contributed by atoms with Crippen molar-refractivity contribution in [2.45, 2.75) is 26.2 Å². The van der Waals surface area contributed by atoms with Gasteiger partial charge in [0.2, 0.25) is 0 Å². The highest BCUT2D eigenvalue weighted by atomic mass is 32.1. The molecule has 0 bridgehead atoms. The summed E-state index contributed by atoms with van der Waals surface area (Å²) in [6, 6.07) is 55.4. The van der Waals surface area contributed by atoms with Gasteiger partial charge in [-0.1, -0.05) is 141 Å². The van der Waals surface area contributed by atoms with Crippen LogP contribution in [0.1, 0.15) is 25.3 Å². The Kier molecular flexibility index (Phi) is 7.18. The molecule has 3 heterocycles. The Balaban J connectivity index is 1.05. The first-order valence-electron chi connectivity index (χ1n) is 18.9. The highest BCUT2D eigenvalue weighted by Gasteiger charge is 2.18. The number of hydrogen-bond donors (Lipinski definition) is 0. The van der Waals surface area contributed by atoms with E-state index in [0.717, 1.165) is 50.7 Å². The van der Waals surface area contributed by atoms with Crippen LogP contribution in [0, 0.1) is 0 Å². The van der Waals surface area contributed by atoms with Crippen molar-refractivity contribution in [1.82, 2.24) is 4.98 Å². The molecule has 0 aliphatic carbocycles. The maximum absolute atomic E-state index is 6.83. The lowest BCUT2D eigenvalue weighted by Gasteiger charge is -2.10. The lowest BCUT2D eigenvalue weighted by Crippen LogP contribution is -1.86. The van der Waals surface area contributed by atoms with Crippen LogP contribution in [0.3, 0.4) is 0 Å². The van der Waals surface area contributed by atoms with Crippen molar-refractivity contribution in [3.05, 3.63) is 163 Å². The summed E-state index contributed by atoms with van der Waals surface area (Å²) in [5, 5.41) is 12.3. The Hall–Kier alpha value is -6.29. The third-order valence-corrected chi connectivity index (χ3v) is 12.6. The molecule has 11 aromatic rings. The number of furan rings is 1. The van der Waals surface area contributed by atoms with Crippen LogP contribution in [0.4, 0.5) is 0 Å². The number of benzene rings is 8. The standard InChI is InChI=1S/C51H35NOS/c1-2-3-11-31-22-24-32(25-23-31)35-17-9-19-41-42-20-10-21-43(51(42)54-50(35)41)47-28-33(26-27-52-47)34-16-8-18-40-46-29-44-38-14-6-4-12-36(38)37-13-5-7-15-39(37)45(44)30-48(46)53-49(34)40/h4-10,12-30H,2-3,11H2,1H3. The zero-order valence-corrected chi connectivity index (χ0v) is 30.7. The largest absolute Gasteiger partial charge is 0.455 e. The highest BCUT2D eigenvalue weighted by Crippen LogP contribution is 2.45. The molecule has 0 atom stereocenters. The van der Waals surface area contributed by atoms with E-state index in [-0.39, 0.29) is 0 Å². The number of aromatic nitrogens is 1. The molecule has 3 aromatic heterocycles. The van der Waals surface area contributed by atoms with Crippen molar-refractivity contribution in [2.24, 2.45) is 0 Å². The van der Waals surface area contributed by atoms with Crippen molar-refractivity contribution >= 4 is 85.8 Å². The van der Waals surface area contributed by atoms with Gasteiger partial charge in [-0.2, -0.15) is 0 Å². The van der Waals surface area contributed by atoms with E-state index in [0.29, 0.717) is 0 Å². The average Bonchev–Trinajstić information content (AvgIpc) is 3.81.